The fourth-order valence-corrected chi connectivity index (χ4v) is 3.71. The minimum absolute atomic E-state index is 0.321. The van der Waals surface area contributed by atoms with Gasteiger partial charge in [-0.3, -0.25) is 0 Å². The number of benzene rings is 2. The van der Waals surface area contributed by atoms with Crippen molar-refractivity contribution >= 4 is 16.7 Å². The molecule has 27 heavy (non-hydrogen) atoms. The molecule has 1 N–H and O–H groups in total. The van der Waals surface area contributed by atoms with Crippen molar-refractivity contribution in [3.05, 3.63) is 58.4 Å². The van der Waals surface area contributed by atoms with Crippen molar-refractivity contribution in [3.8, 4) is 16.9 Å². The lowest BCUT2D eigenvalue weighted by Crippen LogP contribution is -2.49. The second-order valence-electron chi connectivity index (χ2n) is 7.16. The van der Waals surface area contributed by atoms with Crippen LogP contribution in [0.5, 0.6) is 5.75 Å². The van der Waals surface area contributed by atoms with E-state index in [1.54, 1.807) is 7.11 Å². The fourth-order valence-electron chi connectivity index (χ4n) is 3.71. The van der Waals surface area contributed by atoms with Crippen molar-refractivity contribution in [2.24, 2.45) is 0 Å². The summed E-state index contributed by atoms with van der Waals surface area (Å²) in [6, 6.07) is 14.2. The number of fused-ring (bicyclic) bond motifs is 1. The van der Waals surface area contributed by atoms with Gasteiger partial charge in [-0.2, -0.15) is 0 Å². The van der Waals surface area contributed by atoms with Gasteiger partial charge < -0.3 is 19.4 Å². The summed E-state index contributed by atoms with van der Waals surface area (Å²) < 4.78 is 11.0. The molecule has 1 aliphatic heterocycles. The molecular weight excluding hydrogens is 340 g/mol. The SMILES string of the molecule is COc1ccc(-c2cc3ccc(N4CCNC(C)C4)cc3oc2=O)cc1C. The molecule has 1 aromatic heterocycles. The predicted octanol–water partition coefficient (Wildman–Crippen LogP) is 3.58. The molecule has 4 rings (SSSR count). The van der Waals surface area contributed by atoms with E-state index in [4.69, 9.17) is 9.15 Å². The van der Waals surface area contributed by atoms with Gasteiger partial charge in [0.15, 0.2) is 0 Å². The molecule has 0 radical (unpaired) electrons. The predicted molar refractivity (Wildman–Crippen MR) is 109 cm³/mol. The molecule has 1 aliphatic rings. The molecule has 1 atom stereocenters. The molecule has 2 heterocycles. The second kappa shape index (κ2) is 7.08. The van der Waals surface area contributed by atoms with Crippen LogP contribution >= 0.6 is 0 Å². The Morgan fingerprint density at radius 1 is 1.19 bits per heavy atom. The van der Waals surface area contributed by atoms with Gasteiger partial charge in [-0.15, -0.1) is 0 Å². The number of hydrogen-bond donors (Lipinski definition) is 1. The summed E-state index contributed by atoms with van der Waals surface area (Å²) in [5, 5.41) is 4.36. The van der Waals surface area contributed by atoms with Crippen LogP contribution in [0.1, 0.15) is 12.5 Å². The highest BCUT2D eigenvalue weighted by Crippen LogP contribution is 2.28. The summed E-state index contributed by atoms with van der Waals surface area (Å²) in [6.45, 7) is 6.99. The van der Waals surface area contributed by atoms with E-state index in [9.17, 15) is 4.79 Å². The van der Waals surface area contributed by atoms with Crippen LogP contribution in [-0.2, 0) is 0 Å². The zero-order chi connectivity index (χ0) is 19.0. The number of anilines is 1. The summed E-state index contributed by atoms with van der Waals surface area (Å²) in [4.78, 5) is 14.9. The fraction of sp³-hybridized carbons (Fsp3) is 0.318. The molecule has 5 heteroatoms. The highest BCUT2D eigenvalue weighted by Gasteiger charge is 2.17. The van der Waals surface area contributed by atoms with Gasteiger partial charge in [-0.25, -0.2) is 4.79 Å². The first kappa shape index (κ1) is 17.6. The smallest absolute Gasteiger partial charge is 0.344 e. The monoisotopic (exact) mass is 364 g/mol. The number of nitrogens with zero attached hydrogens (tertiary/aromatic N) is 1. The topological polar surface area (TPSA) is 54.7 Å². The minimum atomic E-state index is -0.321. The van der Waals surface area contributed by atoms with Crippen LogP contribution in [0.3, 0.4) is 0 Å². The van der Waals surface area contributed by atoms with Crippen LogP contribution in [0.2, 0.25) is 0 Å². The maximum atomic E-state index is 12.6. The van der Waals surface area contributed by atoms with Crippen molar-refractivity contribution < 1.29 is 9.15 Å². The molecule has 1 saturated heterocycles. The van der Waals surface area contributed by atoms with Crippen molar-refractivity contribution in [2.45, 2.75) is 19.9 Å². The van der Waals surface area contributed by atoms with Crippen molar-refractivity contribution in [1.29, 1.82) is 0 Å². The Bertz CT molecular complexity index is 1040. The maximum absolute atomic E-state index is 12.6. The molecular formula is C22H24N2O3. The first-order valence-corrected chi connectivity index (χ1v) is 9.26. The van der Waals surface area contributed by atoms with Crippen LogP contribution in [0, 0.1) is 6.92 Å². The zero-order valence-corrected chi connectivity index (χ0v) is 15.9. The van der Waals surface area contributed by atoms with Crippen LogP contribution in [-0.4, -0.2) is 32.8 Å². The van der Waals surface area contributed by atoms with Crippen molar-refractivity contribution in [1.82, 2.24) is 5.32 Å². The number of rotatable bonds is 3. The Hall–Kier alpha value is -2.79. The van der Waals surface area contributed by atoms with Gasteiger partial charge in [0, 0.05) is 42.8 Å². The highest BCUT2D eigenvalue weighted by molar-refractivity contribution is 5.84. The Morgan fingerprint density at radius 2 is 2.04 bits per heavy atom. The lowest BCUT2D eigenvalue weighted by Gasteiger charge is -2.33. The van der Waals surface area contributed by atoms with Crippen LogP contribution < -0.4 is 20.6 Å². The Balaban J connectivity index is 1.73. The zero-order valence-electron chi connectivity index (χ0n) is 15.9. The summed E-state index contributed by atoms with van der Waals surface area (Å²) in [5.74, 6) is 0.804. The molecule has 3 aromatic rings. The van der Waals surface area contributed by atoms with Crippen LogP contribution in [0.4, 0.5) is 5.69 Å². The highest BCUT2D eigenvalue weighted by atomic mass is 16.5. The molecule has 2 aromatic carbocycles. The van der Waals surface area contributed by atoms with E-state index >= 15 is 0 Å². The van der Waals surface area contributed by atoms with Gasteiger partial charge in [-0.05, 0) is 55.3 Å². The quantitative estimate of drug-likeness (QED) is 0.720. The molecule has 1 unspecified atom stereocenters. The summed E-state index contributed by atoms with van der Waals surface area (Å²) in [5.41, 5.74) is 3.78. The van der Waals surface area contributed by atoms with Gasteiger partial charge in [0.25, 0.3) is 0 Å². The maximum Gasteiger partial charge on any atom is 0.344 e. The number of hydrogen-bond acceptors (Lipinski definition) is 5. The van der Waals surface area contributed by atoms with Crippen molar-refractivity contribution in [3.63, 3.8) is 0 Å². The average molecular weight is 364 g/mol. The third kappa shape index (κ3) is 3.43. The van der Waals surface area contributed by atoms with E-state index < -0.39 is 0 Å². The number of nitrogens with one attached hydrogen (secondary N) is 1. The lowest BCUT2D eigenvalue weighted by atomic mass is 10.0. The molecule has 0 amide bonds. The van der Waals surface area contributed by atoms with E-state index in [0.29, 0.717) is 17.2 Å². The standard InChI is InChI=1S/C22H24N2O3/c1-14-10-16(5-7-20(14)26-3)19-11-17-4-6-18(12-21(17)27-22(19)25)24-9-8-23-15(2)13-24/h4-7,10-12,15,23H,8-9,13H2,1-3H3. The van der Waals surface area contributed by atoms with Crippen molar-refractivity contribution in [2.75, 3.05) is 31.6 Å². The van der Waals surface area contributed by atoms with Crippen LogP contribution in [0.15, 0.2) is 51.7 Å². The van der Waals surface area contributed by atoms with E-state index in [0.717, 1.165) is 47.6 Å². The van der Waals surface area contributed by atoms with E-state index in [2.05, 4.69) is 23.2 Å². The van der Waals surface area contributed by atoms with Gasteiger partial charge in [0.05, 0.1) is 12.7 Å². The molecule has 0 spiro atoms. The Morgan fingerprint density at radius 3 is 2.78 bits per heavy atom. The molecule has 0 saturated carbocycles. The molecule has 1 fully saturated rings. The largest absolute Gasteiger partial charge is 0.496 e. The van der Waals surface area contributed by atoms with Gasteiger partial charge in [-0.1, -0.05) is 6.07 Å². The van der Waals surface area contributed by atoms with Gasteiger partial charge in [0.2, 0.25) is 0 Å². The van der Waals surface area contributed by atoms with Crippen LogP contribution in [0.25, 0.3) is 22.1 Å². The molecule has 5 nitrogen and oxygen atoms in total. The summed E-state index contributed by atoms with van der Waals surface area (Å²) >= 11 is 0. The average Bonchev–Trinajstić information content (AvgIpc) is 2.67. The summed E-state index contributed by atoms with van der Waals surface area (Å²) in [6.07, 6.45) is 0. The Kier molecular flexibility index (Phi) is 4.62. The second-order valence-corrected chi connectivity index (χ2v) is 7.16. The van der Waals surface area contributed by atoms with E-state index in [1.165, 1.54) is 0 Å². The summed E-state index contributed by atoms with van der Waals surface area (Å²) in [7, 11) is 1.64. The van der Waals surface area contributed by atoms with Gasteiger partial charge in [0.1, 0.15) is 11.3 Å². The van der Waals surface area contributed by atoms with Gasteiger partial charge >= 0.3 is 5.63 Å². The molecule has 140 valence electrons. The number of aryl methyl sites for hydroxylation is 1. The minimum Gasteiger partial charge on any atom is -0.496 e. The van der Waals surface area contributed by atoms with E-state index in [-0.39, 0.29) is 5.63 Å². The first-order chi connectivity index (χ1) is 13.0. The first-order valence-electron chi connectivity index (χ1n) is 9.26. The third-order valence-corrected chi connectivity index (χ3v) is 5.16. The molecule has 0 bridgehead atoms. The van der Waals surface area contributed by atoms with E-state index in [1.807, 2.05) is 43.3 Å². The molecule has 0 aliphatic carbocycles. The lowest BCUT2D eigenvalue weighted by molar-refractivity contribution is 0.412. The number of ether oxygens (including phenoxy) is 1. The Labute approximate surface area is 158 Å². The normalized spacial score (nSPS) is 17.3. The third-order valence-electron chi connectivity index (χ3n) is 5.16. The number of methoxy groups -OCH3 is 1. The number of piperazine rings is 1.